The van der Waals surface area contributed by atoms with Crippen LogP contribution in [0.1, 0.15) is 96.3 Å². The normalized spacial score (nSPS) is 21.2. The zero-order chi connectivity index (χ0) is 29.9. The molecule has 0 bridgehead atoms. The Labute approximate surface area is 250 Å². The van der Waals surface area contributed by atoms with Gasteiger partial charge in [0.2, 0.25) is 0 Å². The van der Waals surface area contributed by atoms with E-state index in [0.717, 1.165) is 54.7 Å². The smallest absolute Gasteiger partial charge is 0.150 e. The van der Waals surface area contributed by atoms with E-state index in [0.29, 0.717) is 47.2 Å². The topological polar surface area (TPSA) is 73.0 Å². The predicted octanol–water partition coefficient (Wildman–Crippen LogP) is 7.93. The van der Waals surface area contributed by atoms with E-state index in [9.17, 15) is 0 Å². The minimum absolute atomic E-state index is 0.190. The average Bonchev–Trinajstić information content (AvgIpc) is 2.95. The van der Waals surface area contributed by atoms with Gasteiger partial charge in [-0.3, -0.25) is 9.88 Å². The highest BCUT2D eigenvalue weighted by atomic mass is 35.5. The molecule has 0 spiro atoms. The molecular weight excluding hydrogens is 539 g/mol. The number of amidine groups is 1. The molecular formula is C33H48ClFN4O2. The molecule has 2 aliphatic rings. The van der Waals surface area contributed by atoms with Crippen LogP contribution in [0, 0.1) is 5.82 Å². The van der Waals surface area contributed by atoms with Crippen molar-refractivity contribution in [1.82, 2.24) is 9.88 Å². The lowest BCUT2D eigenvalue weighted by Gasteiger charge is -2.39. The van der Waals surface area contributed by atoms with Crippen molar-refractivity contribution < 1.29 is 13.9 Å². The predicted molar refractivity (Wildman–Crippen MR) is 170 cm³/mol. The number of halogens is 2. The number of benzene rings is 1. The summed E-state index contributed by atoms with van der Waals surface area (Å²) < 4.78 is 26.2. The van der Waals surface area contributed by atoms with E-state index in [4.69, 9.17) is 26.8 Å². The van der Waals surface area contributed by atoms with Crippen molar-refractivity contribution in [1.29, 1.82) is 0 Å². The van der Waals surface area contributed by atoms with Crippen LogP contribution in [0.3, 0.4) is 0 Å². The summed E-state index contributed by atoms with van der Waals surface area (Å²) >= 11 is 6.63. The number of hydrogen-bond acceptors (Lipinski definition) is 5. The van der Waals surface area contributed by atoms with Gasteiger partial charge in [-0.25, -0.2) is 9.38 Å². The van der Waals surface area contributed by atoms with E-state index < -0.39 is 0 Å². The lowest BCUT2D eigenvalue weighted by molar-refractivity contribution is -0.0411. The second kappa shape index (κ2) is 16.4. The van der Waals surface area contributed by atoms with Crippen LogP contribution in [0.15, 0.2) is 40.6 Å². The number of rotatable bonds is 8. The van der Waals surface area contributed by atoms with Crippen molar-refractivity contribution in [3.8, 4) is 0 Å². The Morgan fingerprint density at radius 1 is 1.17 bits per heavy atom. The standard InChI is InChI=1S/C28H38ClFN4O.C5H10O/c1-7-8-9-23(25(29)13-32-20(6)31)21-10-24-27(17(2)3)22(12-33-28(24)26(30)11-21)14-34-18(4)15-35-16-19(34)5;1-2-4-6-5-3-1/h9-13,17-19H,7-8,14-16H2,1-6H3,(H2,31,32);1-5H2/b23-9+,25-13+;. The Hall–Kier alpha value is -2.32. The van der Waals surface area contributed by atoms with Crippen LogP contribution in [-0.2, 0) is 16.0 Å². The zero-order valence-electron chi connectivity index (χ0n) is 25.7. The van der Waals surface area contributed by atoms with Gasteiger partial charge in [0.1, 0.15) is 11.3 Å². The molecule has 0 radical (unpaired) electrons. The molecule has 2 saturated heterocycles. The Bertz CT molecular complexity index is 1210. The molecule has 2 fully saturated rings. The number of fused-ring (bicyclic) bond motifs is 1. The summed E-state index contributed by atoms with van der Waals surface area (Å²) in [6, 6.07) is 4.14. The molecule has 1 aromatic carbocycles. The van der Waals surface area contributed by atoms with Crippen LogP contribution in [0.4, 0.5) is 4.39 Å². The molecule has 41 heavy (non-hydrogen) atoms. The van der Waals surface area contributed by atoms with Crippen LogP contribution in [0.5, 0.6) is 0 Å². The van der Waals surface area contributed by atoms with E-state index in [1.54, 1.807) is 6.92 Å². The third kappa shape index (κ3) is 9.34. The molecule has 2 aliphatic heterocycles. The van der Waals surface area contributed by atoms with Crippen LogP contribution in [0.25, 0.3) is 16.5 Å². The number of nitrogens with zero attached hydrogens (tertiary/aromatic N) is 3. The van der Waals surface area contributed by atoms with Gasteiger partial charge in [0, 0.05) is 49.6 Å². The van der Waals surface area contributed by atoms with E-state index in [2.05, 4.69) is 49.5 Å². The van der Waals surface area contributed by atoms with Crippen LogP contribution in [0.2, 0.25) is 0 Å². The summed E-state index contributed by atoms with van der Waals surface area (Å²) in [5, 5.41) is 1.25. The van der Waals surface area contributed by atoms with E-state index in [-0.39, 0.29) is 11.7 Å². The highest BCUT2D eigenvalue weighted by Gasteiger charge is 2.27. The fraction of sp³-hybridized carbons (Fsp3) is 0.576. The number of allylic oxidation sites excluding steroid dienone is 3. The molecule has 2 atom stereocenters. The number of morpholine rings is 1. The molecule has 0 saturated carbocycles. The maximum Gasteiger partial charge on any atom is 0.150 e. The summed E-state index contributed by atoms with van der Waals surface area (Å²) in [4.78, 5) is 11.2. The van der Waals surface area contributed by atoms with Crippen LogP contribution >= 0.6 is 11.6 Å². The Balaban J connectivity index is 0.000000681. The summed E-state index contributed by atoms with van der Waals surface area (Å²) in [5.41, 5.74) is 9.77. The minimum Gasteiger partial charge on any atom is -0.387 e. The number of ether oxygens (including phenoxy) is 2. The zero-order valence-corrected chi connectivity index (χ0v) is 26.4. The largest absolute Gasteiger partial charge is 0.387 e. The van der Waals surface area contributed by atoms with Crippen molar-refractivity contribution in [2.45, 2.75) is 98.2 Å². The van der Waals surface area contributed by atoms with Gasteiger partial charge in [-0.05, 0) is 86.8 Å². The molecule has 2 unspecified atom stereocenters. The van der Waals surface area contributed by atoms with E-state index >= 15 is 4.39 Å². The highest BCUT2D eigenvalue weighted by molar-refractivity contribution is 6.37. The first-order chi connectivity index (χ1) is 19.6. The Morgan fingerprint density at radius 2 is 1.85 bits per heavy atom. The first-order valence-electron chi connectivity index (χ1n) is 15.0. The van der Waals surface area contributed by atoms with Crippen molar-refractivity contribution in [3.63, 3.8) is 0 Å². The fourth-order valence-corrected chi connectivity index (χ4v) is 5.62. The van der Waals surface area contributed by atoms with Gasteiger partial charge in [0.05, 0.1) is 24.1 Å². The van der Waals surface area contributed by atoms with E-state index in [1.165, 1.54) is 31.5 Å². The van der Waals surface area contributed by atoms with Gasteiger partial charge in [-0.1, -0.05) is 44.9 Å². The third-order valence-electron chi connectivity index (χ3n) is 7.49. The number of nitrogens with two attached hydrogens (primary N) is 1. The van der Waals surface area contributed by atoms with Crippen molar-refractivity contribution in [2.75, 3.05) is 26.4 Å². The minimum atomic E-state index is -0.357. The Morgan fingerprint density at radius 3 is 2.39 bits per heavy atom. The van der Waals surface area contributed by atoms with Gasteiger partial charge in [0.25, 0.3) is 0 Å². The molecule has 2 N–H and O–H groups in total. The summed E-state index contributed by atoms with van der Waals surface area (Å²) in [6.45, 7) is 16.6. The van der Waals surface area contributed by atoms with Gasteiger partial charge in [0.15, 0.2) is 0 Å². The van der Waals surface area contributed by atoms with E-state index in [1.807, 2.05) is 18.3 Å². The first kappa shape index (κ1) is 33.2. The molecule has 3 heterocycles. The molecule has 0 aliphatic carbocycles. The SMILES string of the molecule is C1CCOCC1.CCC/C=C(/C(Cl)=C\N=C(C)N)c1cc(F)c2ncc(CN3C(C)COCC3C)c(C(C)C)c2c1. The second-order valence-electron chi connectivity index (χ2n) is 11.4. The quantitative estimate of drug-likeness (QED) is 0.193. The number of pyridine rings is 1. The third-order valence-corrected chi connectivity index (χ3v) is 7.80. The van der Waals surface area contributed by atoms with Gasteiger partial charge < -0.3 is 15.2 Å². The number of hydrogen-bond donors (Lipinski definition) is 1. The Kier molecular flexibility index (Phi) is 13.2. The maximum absolute atomic E-state index is 15.4. The summed E-state index contributed by atoms with van der Waals surface area (Å²) in [5.74, 6) is 0.241. The van der Waals surface area contributed by atoms with Crippen LogP contribution in [-0.4, -0.2) is 54.2 Å². The lowest BCUT2D eigenvalue weighted by Crippen LogP contribution is -2.49. The number of aromatic nitrogens is 1. The number of aliphatic imine (C=N–C) groups is 1. The molecule has 2 aromatic rings. The number of unbranched alkanes of at least 4 members (excludes halogenated alkanes) is 1. The average molecular weight is 587 g/mol. The van der Waals surface area contributed by atoms with Gasteiger partial charge >= 0.3 is 0 Å². The molecule has 1 aromatic heterocycles. The first-order valence-corrected chi connectivity index (χ1v) is 15.4. The summed E-state index contributed by atoms with van der Waals surface area (Å²) in [7, 11) is 0. The molecule has 0 amide bonds. The fourth-order valence-electron chi connectivity index (χ4n) is 5.38. The molecule has 4 rings (SSSR count). The second-order valence-corrected chi connectivity index (χ2v) is 11.8. The van der Waals surface area contributed by atoms with Gasteiger partial charge in [-0.2, -0.15) is 0 Å². The summed E-state index contributed by atoms with van der Waals surface area (Å²) in [6.07, 6.45) is 11.1. The van der Waals surface area contributed by atoms with Gasteiger partial charge in [-0.15, -0.1) is 0 Å². The lowest BCUT2D eigenvalue weighted by atomic mass is 9.91. The molecule has 226 valence electrons. The maximum atomic E-state index is 15.4. The van der Waals surface area contributed by atoms with Crippen molar-refractivity contribution >= 4 is 33.9 Å². The molecule has 6 nitrogen and oxygen atoms in total. The van der Waals surface area contributed by atoms with Crippen molar-refractivity contribution in [2.24, 2.45) is 10.7 Å². The highest BCUT2D eigenvalue weighted by Crippen LogP contribution is 2.35. The monoisotopic (exact) mass is 586 g/mol. The van der Waals surface area contributed by atoms with Crippen LogP contribution < -0.4 is 5.73 Å². The molecule has 8 heteroatoms. The van der Waals surface area contributed by atoms with Crippen molar-refractivity contribution in [3.05, 3.63) is 58.1 Å².